The minimum Gasteiger partial charge on any atom is -0.482 e. The van der Waals surface area contributed by atoms with E-state index < -0.39 is 11.8 Å². The number of ether oxygens (including phenoxy) is 2. The Morgan fingerprint density at radius 2 is 1.92 bits per heavy atom. The zero-order chi connectivity index (χ0) is 16.9. The molecule has 5 nitrogen and oxygen atoms in total. The van der Waals surface area contributed by atoms with Crippen molar-refractivity contribution in [3.05, 3.63) is 59.9 Å². The van der Waals surface area contributed by atoms with Crippen molar-refractivity contribution < 1.29 is 23.5 Å². The first-order chi connectivity index (χ1) is 11.6. The van der Waals surface area contributed by atoms with E-state index in [1.54, 1.807) is 4.90 Å². The Bertz CT molecular complexity index is 762. The van der Waals surface area contributed by atoms with Crippen LogP contribution in [0.2, 0.25) is 0 Å². The maximum absolute atomic E-state index is 13.0. The van der Waals surface area contributed by atoms with Gasteiger partial charge >= 0.3 is 5.97 Å². The molecule has 1 heterocycles. The van der Waals surface area contributed by atoms with Gasteiger partial charge in [-0.25, -0.2) is 9.18 Å². The standard InChI is InChI=1S/C18H16FNO4/c19-14-5-3-6-15(10-14)23-12-18(22)24-11-17(21)20-9-8-13-4-1-2-7-16(13)20/h1-7,10H,8-9,11-12H2. The largest absolute Gasteiger partial charge is 0.482 e. The molecule has 2 aromatic carbocycles. The van der Waals surface area contributed by atoms with Crippen LogP contribution in [-0.4, -0.2) is 31.6 Å². The number of amides is 1. The fourth-order valence-electron chi connectivity index (χ4n) is 2.56. The predicted octanol–water partition coefficient (Wildman–Crippen LogP) is 2.34. The lowest BCUT2D eigenvalue weighted by atomic mass is 10.2. The molecule has 6 heteroatoms. The van der Waals surface area contributed by atoms with Crippen LogP contribution in [0, 0.1) is 5.82 Å². The molecule has 0 saturated heterocycles. The number of hydrogen-bond acceptors (Lipinski definition) is 4. The Morgan fingerprint density at radius 3 is 2.75 bits per heavy atom. The van der Waals surface area contributed by atoms with E-state index in [0.29, 0.717) is 6.54 Å². The number of carbonyl (C=O) groups excluding carboxylic acids is 2. The summed E-state index contributed by atoms with van der Waals surface area (Å²) in [4.78, 5) is 25.5. The van der Waals surface area contributed by atoms with Gasteiger partial charge in [-0.3, -0.25) is 4.79 Å². The number of anilines is 1. The van der Waals surface area contributed by atoms with Crippen molar-refractivity contribution in [2.75, 3.05) is 24.7 Å². The molecule has 0 N–H and O–H groups in total. The zero-order valence-corrected chi connectivity index (χ0v) is 12.9. The summed E-state index contributed by atoms with van der Waals surface area (Å²) in [5.74, 6) is -1.19. The van der Waals surface area contributed by atoms with Crippen molar-refractivity contribution >= 4 is 17.6 Å². The van der Waals surface area contributed by atoms with Gasteiger partial charge in [-0.05, 0) is 30.2 Å². The molecule has 0 radical (unpaired) electrons. The summed E-state index contributed by atoms with van der Waals surface area (Å²) >= 11 is 0. The normalized spacial score (nSPS) is 12.6. The number of benzene rings is 2. The molecule has 0 spiro atoms. The highest BCUT2D eigenvalue weighted by Crippen LogP contribution is 2.27. The molecule has 1 amide bonds. The van der Waals surface area contributed by atoms with E-state index in [2.05, 4.69) is 0 Å². The Balaban J connectivity index is 1.47. The van der Waals surface area contributed by atoms with Crippen molar-refractivity contribution in [2.45, 2.75) is 6.42 Å². The average Bonchev–Trinajstić information content (AvgIpc) is 3.02. The Labute approximate surface area is 138 Å². The topological polar surface area (TPSA) is 55.8 Å². The molecule has 0 aromatic heterocycles. The van der Waals surface area contributed by atoms with Gasteiger partial charge in [0, 0.05) is 18.3 Å². The second kappa shape index (κ2) is 7.12. The minimum atomic E-state index is -0.680. The fourth-order valence-corrected chi connectivity index (χ4v) is 2.56. The number of carbonyl (C=O) groups is 2. The van der Waals surface area contributed by atoms with Crippen LogP contribution < -0.4 is 9.64 Å². The third-order valence-corrected chi connectivity index (χ3v) is 3.70. The second-order valence-electron chi connectivity index (χ2n) is 5.33. The molecule has 1 aliphatic rings. The number of nitrogens with zero attached hydrogens (tertiary/aromatic N) is 1. The van der Waals surface area contributed by atoms with Crippen molar-refractivity contribution in [3.63, 3.8) is 0 Å². The van der Waals surface area contributed by atoms with Crippen LogP contribution >= 0.6 is 0 Å². The van der Waals surface area contributed by atoms with Gasteiger partial charge in [0.15, 0.2) is 13.2 Å². The lowest BCUT2D eigenvalue weighted by Gasteiger charge is -2.17. The second-order valence-corrected chi connectivity index (χ2v) is 5.33. The molecular formula is C18H16FNO4. The van der Waals surface area contributed by atoms with Crippen LogP contribution in [0.4, 0.5) is 10.1 Å². The molecular weight excluding hydrogens is 313 g/mol. The molecule has 0 fully saturated rings. The Hall–Kier alpha value is -2.89. The van der Waals surface area contributed by atoms with E-state index >= 15 is 0 Å². The molecule has 0 aliphatic carbocycles. The molecule has 2 aromatic rings. The van der Waals surface area contributed by atoms with Crippen molar-refractivity contribution in [1.82, 2.24) is 0 Å². The number of hydrogen-bond donors (Lipinski definition) is 0. The molecule has 24 heavy (non-hydrogen) atoms. The van der Waals surface area contributed by atoms with Gasteiger partial charge in [-0.2, -0.15) is 0 Å². The summed E-state index contributed by atoms with van der Waals surface area (Å²) in [6.07, 6.45) is 0.790. The van der Waals surface area contributed by atoms with Crippen molar-refractivity contribution in [3.8, 4) is 5.75 Å². The van der Waals surface area contributed by atoms with Crippen molar-refractivity contribution in [1.29, 1.82) is 0 Å². The minimum absolute atomic E-state index is 0.228. The van der Waals surface area contributed by atoms with Crippen molar-refractivity contribution in [2.24, 2.45) is 0 Å². The van der Waals surface area contributed by atoms with E-state index in [9.17, 15) is 14.0 Å². The van der Waals surface area contributed by atoms with Gasteiger partial charge in [0.1, 0.15) is 11.6 Å². The van der Waals surface area contributed by atoms with Gasteiger partial charge in [-0.15, -0.1) is 0 Å². The highest BCUT2D eigenvalue weighted by molar-refractivity contribution is 5.97. The summed E-state index contributed by atoms with van der Waals surface area (Å²) in [7, 11) is 0. The van der Waals surface area contributed by atoms with Crippen LogP contribution in [0.5, 0.6) is 5.75 Å². The van der Waals surface area contributed by atoms with E-state index in [0.717, 1.165) is 17.7 Å². The molecule has 0 unspecified atom stereocenters. The van der Waals surface area contributed by atoms with E-state index in [1.807, 2.05) is 24.3 Å². The van der Waals surface area contributed by atoms with E-state index in [1.165, 1.54) is 24.3 Å². The molecule has 3 rings (SSSR count). The highest BCUT2D eigenvalue weighted by atomic mass is 19.1. The summed E-state index contributed by atoms with van der Waals surface area (Å²) < 4.78 is 23.1. The van der Waals surface area contributed by atoms with Gasteiger partial charge in [-0.1, -0.05) is 24.3 Å². The van der Waals surface area contributed by atoms with E-state index in [-0.39, 0.29) is 24.9 Å². The van der Waals surface area contributed by atoms with Crippen LogP contribution in [0.3, 0.4) is 0 Å². The predicted molar refractivity (Wildman–Crippen MR) is 85.4 cm³/mol. The Morgan fingerprint density at radius 1 is 1.08 bits per heavy atom. The smallest absolute Gasteiger partial charge is 0.344 e. The third kappa shape index (κ3) is 3.71. The number of esters is 1. The maximum atomic E-state index is 13.0. The lowest BCUT2D eigenvalue weighted by Crippen LogP contribution is -2.33. The lowest BCUT2D eigenvalue weighted by molar-refractivity contribution is -0.149. The number of rotatable bonds is 5. The van der Waals surface area contributed by atoms with Crippen LogP contribution in [0.25, 0.3) is 0 Å². The Kier molecular flexibility index (Phi) is 4.74. The van der Waals surface area contributed by atoms with Crippen LogP contribution in [0.1, 0.15) is 5.56 Å². The molecule has 124 valence electrons. The third-order valence-electron chi connectivity index (χ3n) is 3.70. The molecule has 0 atom stereocenters. The first kappa shape index (κ1) is 16.0. The maximum Gasteiger partial charge on any atom is 0.344 e. The summed E-state index contributed by atoms with van der Waals surface area (Å²) in [6.45, 7) is -0.150. The van der Waals surface area contributed by atoms with E-state index in [4.69, 9.17) is 9.47 Å². The van der Waals surface area contributed by atoms with Gasteiger partial charge in [0.2, 0.25) is 0 Å². The highest BCUT2D eigenvalue weighted by Gasteiger charge is 2.24. The fraction of sp³-hybridized carbons (Fsp3) is 0.222. The first-order valence-electron chi connectivity index (χ1n) is 7.56. The van der Waals surface area contributed by atoms with Gasteiger partial charge in [0.05, 0.1) is 0 Å². The number of fused-ring (bicyclic) bond motifs is 1. The zero-order valence-electron chi connectivity index (χ0n) is 12.9. The van der Waals surface area contributed by atoms with Crippen LogP contribution in [0.15, 0.2) is 48.5 Å². The summed E-state index contributed by atoms with van der Waals surface area (Å²) in [6, 6.07) is 13.1. The summed E-state index contributed by atoms with van der Waals surface area (Å²) in [5.41, 5.74) is 1.96. The SMILES string of the molecule is O=C(COc1cccc(F)c1)OCC(=O)N1CCc2ccccc21. The number of para-hydroxylation sites is 1. The quantitative estimate of drug-likeness (QED) is 0.790. The van der Waals surface area contributed by atoms with Crippen LogP contribution in [-0.2, 0) is 20.7 Å². The first-order valence-corrected chi connectivity index (χ1v) is 7.56. The molecule has 0 saturated carbocycles. The molecule has 1 aliphatic heterocycles. The number of halogens is 1. The summed E-state index contributed by atoms with van der Waals surface area (Å²) in [5, 5.41) is 0. The average molecular weight is 329 g/mol. The van der Waals surface area contributed by atoms with Gasteiger partial charge in [0.25, 0.3) is 5.91 Å². The monoisotopic (exact) mass is 329 g/mol. The van der Waals surface area contributed by atoms with Gasteiger partial charge < -0.3 is 14.4 Å². The molecule has 0 bridgehead atoms.